The first-order valence-electron chi connectivity index (χ1n) is 6.67. The van der Waals surface area contributed by atoms with Crippen LogP contribution in [0, 0.1) is 0 Å². The highest BCUT2D eigenvalue weighted by Crippen LogP contribution is 2.18. The molecule has 0 aliphatic carbocycles. The van der Waals surface area contributed by atoms with E-state index < -0.39 is 21.1 Å². The molecule has 7 heteroatoms. The lowest BCUT2D eigenvalue weighted by molar-refractivity contribution is -0.174. The Labute approximate surface area is 122 Å². The fraction of sp³-hybridized carbons (Fsp3) is 0.769. The van der Waals surface area contributed by atoms with Crippen LogP contribution in [0.15, 0.2) is 12.7 Å². The Morgan fingerprint density at radius 2 is 1.85 bits per heavy atom. The quantitative estimate of drug-likeness (QED) is 0.181. The van der Waals surface area contributed by atoms with Gasteiger partial charge in [-0.2, -0.15) is 0 Å². The first-order valence-corrected chi connectivity index (χ1v) is 8.60. The number of esters is 1. The number of carbonyl (C=O) groups is 1. The van der Waals surface area contributed by atoms with Crippen molar-refractivity contribution >= 4 is 14.8 Å². The van der Waals surface area contributed by atoms with Gasteiger partial charge in [0.2, 0.25) is 6.29 Å². The van der Waals surface area contributed by atoms with E-state index in [4.69, 9.17) is 22.8 Å². The van der Waals surface area contributed by atoms with E-state index in [9.17, 15) is 4.79 Å². The zero-order valence-electron chi connectivity index (χ0n) is 12.8. The van der Waals surface area contributed by atoms with Crippen molar-refractivity contribution in [3.8, 4) is 0 Å². The second-order valence-electron chi connectivity index (χ2n) is 4.13. The van der Waals surface area contributed by atoms with E-state index in [1.165, 1.54) is 0 Å². The van der Waals surface area contributed by atoms with Crippen LogP contribution in [-0.2, 0) is 27.5 Å². The summed E-state index contributed by atoms with van der Waals surface area (Å²) in [6.07, 6.45) is 2.84. The third-order valence-electron chi connectivity index (χ3n) is 2.84. The molecule has 0 aliphatic rings. The summed E-state index contributed by atoms with van der Waals surface area (Å²) in [6, 6.07) is 0.498. The van der Waals surface area contributed by atoms with Crippen LogP contribution in [0.4, 0.5) is 0 Å². The van der Waals surface area contributed by atoms with E-state index in [1.54, 1.807) is 21.3 Å². The van der Waals surface area contributed by atoms with Crippen molar-refractivity contribution in [2.75, 3.05) is 27.9 Å². The van der Waals surface area contributed by atoms with Gasteiger partial charge in [-0.15, -0.1) is 0 Å². The predicted molar refractivity (Wildman–Crippen MR) is 77.1 cm³/mol. The second kappa shape index (κ2) is 11.0. The summed E-state index contributed by atoms with van der Waals surface area (Å²) in [5.74, 6) is -0.508. The van der Waals surface area contributed by atoms with Crippen molar-refractivity contribution < 1.29 is 27.5 Å². The number of rotatable bonds is 12. The maximum Gasteiger partial charge on any atom is 0.500 e. The number of unbranched alkanes of at least 4 members (excludes halogenated alkanes) is 1. The summed E-state index contributed by atoms with van der Waals surface area (Å²) in [5.41, 5.74) is 0. The van der Waals surface area contributed by atoms with Crippen molar-refractivity contribution in [2.24, 2.45) is 0 Å². The zero-order valence-corrected chi connectivity index (χ0v) is 13.8. The van der Waals surface area contributed by atoms with Crippen LogP contribution >= 0.6 is 0 Å². The van der Waals surface area contributed by atoms with Gasteiger partial charge < -0.3 is 22.8 Å². The molecule has 0 bridgehead atoms. The van der Waals surface area contributed by atoms with E-state index in [1.807, 2.05) is 0 Å². The van der Waals surface area contributed by atoms with Gasteiger partial charge in [-0.3, -0.25) is 0 Å². The minimum atomic E-state index is -2.69. The lowest BCUT2D eigenvalue weighted by Gasteiger charge is -2.26. The minimum Gasteiger partial charge on any atom is -0.433 e. The van der Waals surface area contributed by atoms with Crippen LogP contribution < -0.4 is 0 Å². The molecule has 0 aromatic rings. The monoisotopic (exact) mass is 306 g/mol. The van der Waals surface area contributed by atoms with Gasteiger partial charge in [-0.05, 0) is 6.42 Å². The van der Waals surface area contributed by atoms with E-state index >= 15 is 0 Å². The highest BCUT2D eigenvalue weighted by Gasteiger charge is 2.38. The summed E-state index contributed by atoms with van der Waals surface area (Å²) >= 11 is 0. The normalized spacial score (nSPS) is 13.0. The molecule has 0 spiro atoms. The molecule has 1 unspecified atom stereocenters. The Morgan fingerprint density at radius 1 is 1.25 bits per heavy atom. The molecule has 0 aliphatic heterocycles. The molecule has 0 heterocycles. The Morgan fingerprint density at radius 3 is 2.30 bits per heavy atom. The molecule has 0 saturated carbocycles. The maximum atomic E-state index is 11.3. The van der Waals surface area contributed by atoms with Crippen LogP contribution in [0.1, 0.15) is 26.2 Å². The molecule has 0 aromatic heterocycles. The third kappa shape index (κ3) is 7.16. The molecule has 0 aromatic carbocycles. The number of ether oxygens (including phenoxy) is 2. The molecule has 0 N–H and O–H groups in total. The number of carbonyl (C=O) groups excluding carboxylic acids is 1. The lowest BCUT2D eigenvalue weighted by atomic mass is 10.3. The van der Waals surface area contributed by atoms with Gasteiger partial charge in [0, 0.05) is 39.9 Å². The van der Waals surface area contributed by atoms with Crippen molar-refractivity contribution in [1.82, 2.24) is 0 Å². The number of hydrogen-bond donors (Lipinski definition) is 0. The topological polar surface area (TPSA) is 63.2 Å². The molecular formula is C13H26O6Si. The SMILES string of the molecule is C=CC(=O)OC(CC[Si](OC)(OC)OC)OCCCC. The van der Waals surface area contributed by atoms with Crippen LogP contribution in [0.25, 0.3) is 0 Å². The standard InChI is InChI=1S/C13H26O6Si/c1-6-8-10-18-13(19-12(14)7-2)9-11-20(15-3,16-4)17-5/h7,13H,2,6,8-11H2,1,3-5H3. The van der Waals surface area contributed by atoms with Crippen molar-refractivity contribution in [2.45, 2.75) is 38.5 Å². The van der Waals surface area contributed by atoms with Crippen molar-refractivity contribution in [3.05, 3.63) is 12.7 Å². The maximum absolute atomic E-state index is 11.3. The predicted octanol–water partition coefficient (Wildman–Crippen LogP) is 2.13. The van der Waals surface area contributed by atoms with Gasteiger partial charge in [-0.25, -0.2) is 4.79 Å². The van der Waals surface area contributed by atoms with Crippen LogP contribution in [-0.4, -0.2) is 49.0 Å². The smallest absolute Gasteiger partial charge is 0.433 e. The number of hydrogen-bond acceptors (Lipinski definition) is 6. The molecule has 0 amide bonds. The Balaban J connectivity index is 4.45. The zero-order chi connectivity index (χ0) is 15.4. The second-order valence-corrected chi connectivity index (χ2v) is 7.22. The van der Waals surface area contributed by atoms with Crippen LogP contribution in [0.2, 0.25) is 6.04 Å². The summed E-state index contributed by atoms with van der Waals surface area (Å²) in [5, 5.41) is 0. The summed E-state index contributed by atoms with van der Waals surface area (Å²) in [6.45, 7) is 5.97. The minimum absolute atomic E-state index is 0.449. The molecule has 0 saturated heterocycles. The van der Waals surface area contributed by atoms with E-state index in [-0.39, 0.29) is 0 Å². The van der Waals surface area contributed by atoms with Gasteiger partial charge in [-0.1, -0.05) is 19.9 Å². The van der Waals surface area contributed by atoms with Crippen LogP contribution in [0.5, 0.6) is 0 Å². The Kier molecular flexibility index (Phi) is 10.6. The molecule has 6 nitrogen and oxygen atoms in total. The largest absolute Gasteiger partial charge is 0.500 e. The lowest BCUT2D eigenvalue weighted by Crippen LogP contribution is -2.43. The fourth-order valence-corrected chi connectivity index (χ4v) is 3.27. The van der Waals surface area contributed by atoms with E-state index in [2.05, 4.69) is 13.5 Å². The molecule has 0 radical (unpaired) electrons. The van der Waals surface area contributed by atoms with Gasteiger partial charge in [0.05, 0.1) is 6.61 Å². The highest BCUT2D eigenvalue weighted by atomic mass is 28.4. The molecule has 20 heavy (non-hydrogen) atoms. The van der Waals surface area contributed by atoms with Gasteiger partial charge in [0.1, 0.15) is 0 Å². The Bertz CT molecular complexity index is 272. The Hall–Kier alpha value is -0.733. The summed E-state index contributed by atoms with van der Waals surface area (Å²) in [7, 11) is 1.94. The third-order valence-corrected chi connectivity index (χ3v) is 5.60. The molecule has 118 valence electrons. The fourth-order valence-electron chi connectivity index (χ4n) is 1.56. The van der Waals surface area contributed by atoms with Gasteiger partial charge in [0.25, 0.3) is 0 Å². The van der Waals surface area contributed by atoms with Gasteiger partial charge >= 0.3 is 14.8 Å². The molecule has 0 rings (SSSR count). The molecule has 1 atom stereocenters. The van der Waals surface area contributed by atoms with Crippen molar-refractivity contribution in [3.63, 3.8) is 0 Å². The van der Waals surface area contributed by atoms with Crippen molar-refractivity contribution in [1.29, 1.82) is 0 Å². The average Bonchev–Trinajstić information content (AvgIpc) is 2.48. The average molecular weight is 306 g/mol. The highest BCUT2D eigenvalue weighted by molar-refractivity contribution is 6.60. The summed E-state index contributed by atoms with van der Waals surface area (Å²) < 4.78 is 26.7. The first kappa shape index (κ1) is 19.3. The van der Waals surface area contributed by atoms with Crippen LogP contribution in [0.3, 0.4) is 0 Å². The van der Waals surface area contributed by atoms with E-state index in [0.29, 0.717) is 19.1 Å². The summed E-state index contributed by atoms with van der Waals surface area (Å²) in [4.78, 5) is 11.3. The molecular weight excluding hydrogens is 280 g/mol. The van der Waals surface area contributed by atoms with Gasteiger partial charge in [0.15, 0.2) is 0 Å². The molecule has 0 fully saturated rings. The van der Waals surface area contributed by atoms with E-state index in [0.717, 1.165) is 18.9 Å². The first-order chi connectivity index (χ1) is 9.57.